The molecule has 172 valence electrons. The van der Waals surface area contributed by atoms with Gasteiger partial charge < -0.3 is 20.3 Å². The lowest BCUT2D eigenvalue weighted by atomic mass is 9.88. The number of amides is 1. The van der Waals surface area contributed by atoms with E-state index >= 15 is 0 Å². The molecule has 1 heterocycles. The van der Waals surface area contributed by atoms with Gasteiger partial charge in [0.25, 0.3) is 0 Å². The number of guanidine groups is 1. The van der Waals surface area contributed by atoms with Crippen LogP contribution in [0.15, 0.2) is 4.99 Å². The molecular weight excluding hydrogens is 495 g/mol. The van der Waals surface area contributed by atoms with Gasteiger partial charge in [-0.25, -0.2) is 0 Å². The second-order valence-corrected chi connectivity index (χ2v) is 8.75. The van der Waals surface area contributed by atoms with E-state index in [2.05, 4.69) is 15.6 Å². The Morgan fingerprint density at radius 1 is 1.03 bits per heavy atom. The fourth-order valence-corrected chi connectivity index (χ4v) is 4.76. The highest BCUT2D eigenvalue weighted by Crippen LogP contribution is 2.26. The number of hydrogen-bond donors (Lipinski definition) is 2. The Labute approximate surface area is 198 Å². The van der Waals surface area contributed by atoms with Gasteiger partial charge in [-0.15, -0.1) is 24.0 Å². The van der Waals surface area contributed by atoms with Crippen molar-refractivity contribution in [2.24, 2.45) is 10.9 Å². The zero-order valence-electron chi connectivity index (χ0n) is 18.4. The first-order chi connectivity index (χ1) is 14.2. The Balaban J connectivity index is 0.00000320. The Morgan fingerprint density at radius 2 is 1.73 bits per heavy atom. The molecule has 1 atom stereocenters. The molecule has 1 saturated heterocycles. The Morgan fingerprint density at radius 3 is 2.43 bits per heavy atom. The number of esters is 1. The van der Waals surface area contributed by atoms with Crippen molar-refractivity contribution in [2.45, 2.75) is 89.2 Å². The summed E-state index contributed by atoms with van der Waals surface area (Å²) in [7, 11) is 1.75. The molecule has 7 nitrogen and oxygen atoms in total. The second kappa shape index (κ2) is 13.4. The lowest BCUT2D eigenvalue weighted by Crippen LogP contribution is -2.45. The van der Waals surface area contributed by atoms with E-state index in [9.17, 15) is 9.59 Å². The lowest BCUT2D eigenvalue weighted by molar-refractivity contribution is -0.148. The van der Waals surface area contributed by atoms with Crippen molar-refractivity contribution in [3.05, 3.63) is 0 Å². The third-order valence-electron chi connectivity index (χ3n) is 6.47. The van der Waals surface area contributed by atoms with Crippen molar-refractivity contribution in [1.29, 1.82) is 0 Å². The minimum atomic E-state index is -0.0886. The van der Waals surface area contributed by atoms with E-state index in [0.717, 1.165) is 57.6 Å². The van der Waals surface area contributed by atoms with E-state index < -0.39 is 0 Å². The zero-order valence-corrected chi connectivity index (χ0v) is 20.7. The molecule has 3 aliphatic rings. The maximum absolute atomic E-state index is 12.7. The molecular formula is C22H39IN4O3. The number of nitrogens with one attached hydrogen (secondary N) is 2. The van der Waals surface area contributed by atoms with Crippen LogP contribution < -0.4 is 10.6 Å². The Hall–Kier alpha value is -1.06. The summed E-state index contributed by atoms with van der Waals surface area (Å²) in [6, 6.07) is 0.237. The molecule has 2 saturated carbocycles. The fourth-order valence-electron chi connectivity index (χ4n) is 4.76. The van der Waals surface area contributed by atoms with Crippen molar-refractivity contribution in [3.63, 3.8) is 0 Å². The minimum absolute atomic E-state index is 0. The fraction of sp³-hybridized carbons (Fsp3) is 0.864. The molecule has 2 aliphatic carbocycles. The molecule has 30 heavy (non-hydrogen) atoms. The summed E-state index contributed by atoms with van der Waals surface area (Å²) < 4.78 is 5.49. The highest BCUT2D eigenvalue weighted by atomic mass is 127. The van der Waals surface area contributed by atoms with E-state index in [1.807, 2.05) is 4.90 Å². The highest BCUT2D eigenvalue weighted by molar-refractivity contribution is 14.0. The molecule has 0 aromatic rings. The topological polar surface area (TPSA) is 83.0 Å². The van der Waals surface area contributed by atoms with Crippen LogP contribution in [0.5, 0.6) is 0 Å². The van der Waals surface area contributed by atoms with Crippen molar-refractivity contribution < 1.29 is 14.3 Å². The molecule has 8 heteroatoms. The third kappa shape index (κ3) is 7.89. The average Bonchev–Trinajstić information content (AvgIpc) is 3.42. The average molecular weight is 534 g/mol. The molecule has 0 spiro atoms. The SMILES string of the molecule is CN=C(NCCCC(=O)OC1CCCC1)NC1CCN(C(=O)C2CCCCC2)C1.I. The number of aliphatic imine (C=N–C) groups is 1. The van der Waals surface area contributed by atoms with Gasteiger partial charge in [-0.05, 0) is 51.4 Å². The lowest BCUT2D eigenvalue weighted by Gasteiger charge is -2.26. The molecule has 1 aliphatic heterocycles. The predicted molar refractivity (Wildman–Crippen MR) is 129 cm³/mol. The molecule has 0 bridgehead atoms. The molecule has 1 amide bonds. The molecule has 2 N–H and O–H groups in total. The van der Waals surface area contributed by atoms with Crippen LogP contribution in [-0.2, 0) is 14.3 Å². The number of rotatable bonds is 7. The second-order valence-electron chi connectivity index (χ2n) is 8.75. The van der Waals surface area contributed by atoms with E-state index in [4.69, 9.17) is 4.74 Å². The molecule has 3 fully saturated rings. The Kier molecular flexibility index (Phi) is 11.2. The van der Waals surface area contributed by atoms with Crippen LogP contribution in [0.2, 0.25) is 0 Å². The quantitative estimate of drug-likeness (QED) is 0.172. The highest BCUT2D eigenvalue weighted by Gasteiger charge is 2.31. The zero-order chi connectivity index (χ0) is 20.5. The van der Waals surface area contributed by atoms with Crippen molar-refractivity contribution in [1.82, 2.24) is 15.5 Å². The van der Waals surface area contributed by atoms with E-state index in [0.29, 0.717) is 18.9 Å². The largest absolute Gasteiger partial charge is 0.462 e. The number of ether oxygens (including phenoxy) is 1. The molecule has 0 radical (unpaired) electrons. The van der Waals surface area contributed by atoms with Crippen LogP contribution in [0.3, 0.4) is 0 Å². The number of likely N-dealkylation sites (tertiary alicyclic amines) is 1. The number of nitrogens with zero attached hydrogens (tertiary/aromatic N) is 2. The minimum Gasteiger partial charge on any atom is -0.462 e. The third-order valence-corrected chi connectivity index (χ3v) is 6.47. The van der Waals surface area contributed by atoms with Gasteiger partial charge in [0.1, 0.15) is 6.10 Å². The molecule has 0 aromatic heterocycles. The Bertz CT molecular complexity index is 575. The summed E-state index contributed by atoms with van der Waals surface area (Å²) >= 11 is 0. The number of hydrogen-bond acceptors (Lipinski definition) is 4. The van der Waals surface area contributed by atoms with Gasteiger partial charge >= 0.3 is 5.97 Å². The van der Waals surface area contributed by atoms with Crippen molar-refractivity contribution >= 4 is 41.8 Å². The standard InChI is InChI=1S/C22H38N4O3.HI/c1-23-22(24-14-7-12-20(27)29-19-10-5-6-11-19)25-18-13-15-26(16-18)21(28)17-8-3-2-4-9-17;/h17-19H,2-16H2,1H3,(H2,23,24,25);1H. The van der Waals surface area contributed by atoms with Gasteiger partial charge in [0, 0.05) is 45.1 Å². The normalized spacial score (nSPS) is 23.2. The first kappa shape index (κ1) is 25.2. The van der Waals surface area contributed by atoms with Gasteiger partial charge in [0.05, 0.1) is 0 Å². The summed E-state index contributed by atoms with van der Waals surface area (Å²) in [5.41, 5.74) is 0. The first-order valence-corrected chi connectivity index (χ1v) is 11.6. The number of carbonyl (C=O) groups is 2. The van der Waals surface area contributed by atoms with E-state index in [-0.39, 0.29) is 48.0 Å². The van der Waals surface area contributed by atoms with E-state index in [1.165, 1.54) is 32.1 Å². The number of carbonyl (C=O) groups excluding carboxylic acids is 2. The van der Waals surface area contributed by atoms with E-state index in [1.54, 1.807) is 7.05 Å². The van der Waals surface area contributed by atoms with Gasteiger partial charge in [0.2, 0.25) is 5.91 Å². The van der Waals surface area contributed by atoms with Crippen molar-refractivity contribution in [3.8, 4) is 0 Å². The first-order valence-electron chi connectivity index (χ1n) is 11.6. The molecule has 1 unspecified atom stereocenters. The summed E-state index contributed by atoms with van der Waals surface area (Å²) in [6.07, 6.45) is 12.4. The maximum Gasteiger partial charge on any atom is 0.306 e. The maximum atomic E-state index is 12.7. The van der Waals surface area contributed by atoms with Crippen LogP contribution in [0.25, 0.3) is 0 Å². The monoisotopic (exact) mass is 534 g/mol. The van der Waals surface area contributed by atoms with Gasteiger partial charge in [-0.3, -0.25) is 14.6 Å². The number of halogens is 1. The van der Waals surface area contributed by atoms with Crippen LogP contribution >= 0.6 is 24.0 Å². The predicted octanol–water partition coefficient (Wildman–Crippen LogP) is 3.22. The van der Waals surface area contributed by atoms with Crippen LogP contribution in [0, 0.1) is 5.92 Å². The smallest absolute Gasteiger partial charge is 0.306 e. The van der Waals surface area contributed by atoms with Gasteiger partial charge in [0.15, 0.2) is 5.96 Å². The summed E-state index contributed by atoms with van der Waals surface area (Å²) in [5.74, 6) is 1.24. The summed E-state index contributed by atoms with van der Waals surface area (Å²) in [6.45, 7) is 2.26. The van der Waals surface area contributed by atoms with Crippen LogP contribution in [0.4, 0.5) is 0 Å². The van der Waals surface area contributed by atoms with Crippen LogP contribution in [-0.4, -0.2) is 61.6 Å². The summed E-state index contributed by atoms with van der Waals surface area (Å²) in [5, 5.41) is 6.71. The van der Waals surface area contributed by atoms with Gasteiger partial charge in [-0.2, -0.15) is 0 Å². The molecule has 0 aromatic carbocycles. The summed E-state index contributed by atoms with van der Waals surface area (Å²) in [4.78, 5) is 30.9. The van der Waals surface area contributed by atoms with Crippen LogP contribution in [0.1, 0.15) is 77.0 Å². The van der Waals surface area contributed by atoms with Crippen molar-refractivity contribution in [2.75, 3.05) is 26.7 Å². The molecule has 3 rings (SSSR count). The van der Waals surface area contributed by atoms with Gasteiger partial charge in [-0.1, -0.05) is 19.3 Å².